The largest absolute Gasteiger partial charge is 0.352 e. The number of urea groups is 1. The average molecular weight is 260 g/mol. The van der Waals surface area contributed by atoms with Gasteiger partial charge in [-0.15, -0.1) is 0 Å². The van der Waals surface area contributed by atoms with Gasteiger partial charge < -0.3 is 16.4 Å². The monoisotopic (exact) mass is 259 g/mol. The highest BCUT2D eigenvalue weighted by Gasteiger charge is 2.07. The molecular formula is C11H15ClFN3O. The Labute approximate surface area is 104 Å². The Morgan fingerprint density at radius 2 is 2.24 bits per heavy atom. The van der Waals surface area contributed by atoms with Crippen LogP contribution in [0.5, 0.6) is 0 Å². The van der Waals surface area contributed by atoms with Crippen LogP contribution in [0, 0.1) is 5.82 Å². The van der Waals surface area contributed by atoms with Crippen molar-refractivity contribution in [3.8, 4) is 0 Å². The van der Waals surface area contributed by atoms with Gasteiger partial charge in [0.2, 0.25) is 0 Å². The van der Waals surface area contributed by atoms with Crippen LogP contribution in [0.1, 0.15) is 18.5 Å². The molecule has 1 aromatic rings. The Morgan fingerprint density at radius 3 is 2.82 bits per heavy atom. The summed E-state index contributed by atoms with van der Waals surface area (Å²) >= 11 is 5.59. The number of nitrogens with one attached hydrogen (secondary N) is 2. The average Bonchev–Trinajstić information content (AvgIpc) is 2.27. The van der Waals surface area contributed by atoms with E-state index in [0.717, 1.165) is 5.56 Å². The third-order valence-corrected chi connectivity index (χ3v) is 2.62. The second-order valence-electron chi connectivity index (χ2n) is 3.64. The Bertz CT molecular complexity index is 400. The molecule has 6 heteroatoms. The maximum absolute atomic E-state index is 13.2. The number of carbonyl (C=O) groups excluding carboxylic acids is 1. The molecule has 4 nitrogen and oxygen atoms in total. The highest BCUT2D eigenvalue weighted by Crippen LogP contribution is 2.19. The predicted octanol–water partition coefficient (Wildman–Crippen LogP) is 1.80. The van der Waals surface area contributed by atoms with Gasteiger partial charge >= 0.3 is 6.03 Å². The third-order valence-electron chi connectivity index (χ3n) is 2.32. The van der Waals surface area contributed by atoms with Gasteiger partial charge in [0.05, 0.1) is 5.02 Å². The molecule has 0 saturated carbocycles. The van der Waals surface area contributed by atoms with Gasteiger partial charge in [0.1, 0.15) is 5.82 Å². The van der Waals surface area contributed by atoms with Crippen LogP contribution in [0.2, 0.25) is 5.02 Å². The number of rotatable bonds is 5. The van der Waals surface area contributed by atoms with Crippen LogP contribution < -0.4 is 16.4 Å². The molecule has 2 amide bonds. The molecule has 0 aliphatic rings. The van der Waals surface area contributed by atoms with Crippen molar-refractivity contribution >= 4 is 17.6 Å². The van der Waals surface area contributed by atoms with Gasteiger partial charge in [-0.25, -0.2) is 9.18 Å². The van der Waals surface area contributed by atoms with Crippen LogP contribution in [-0.4, -0.2) is 19.1 Å². The summed E-state index contributed by atoms with van der Waals surface area (Å²) in [6.45, 7) is 2.87. The molecule has 17 heavy (non-hydrogen) atoms. The summed E-state index contributed by atoms with van der Waals surface area (Å²) in [6.07, 6.45) is 0. The van der Waals surface area contributed by atoms with E-state index in [1.165, 1.54) is 12.1 Å². The second kappa shape index (κ2) is 6.42. The summed E-state index contributed by atoms with van der Waals surface area (Å²) in [5.74, 6) is -0.437. The lowest BCUT2D eigenvalue weighted by molar-refractivity contribution is 0.249. The van der Waals surface area contributed by atoms with E-state index in [1.807, 2.05) is 6.92 Å². The predicted molar refractivity (Wildman–Crippen MR) is 65.4 cm³/mol. The van der Waals surface area contributed by atoms with E-state index in [1.54, 1.807) is 6.07 Å². The molecule has 0 aliphatic carbocycles. The van der Waals surface area contributed by atoms with Crippen LogP contribution in [0.15, 0.2) is 18.2 Å². The van der Waals surface area contributed by atoms with Gasteiger partial charge in [-0.3, -0.25) is 0 Å². The standard InChI is InChI=1S/C11H15ClFN3O/c1-7(15-4-5-16-11(14)17)8-2-3-9(12)10(13)6-8/h2-3,6-7,15H,4-5H2,1H3,(H3,14,16,17). The molecule has 0 aromatic heterocycles. The third kappa shape index (κ3) is 4.58. The lowest BCUT2D eigenvalue weighted by Crippen LogP contribution is -2.36. The van der Waals surface area contributed by atoms with Crippen molar-refractivity contribution in [1.29, 1.82) is 0 Å². The molecule has 0 spiro atoms. The van der Waals surface area contributed by atoms with Crippen LogP contribution in [0.4, 0.5) is 9.18 Å². The number of nitrogens with two attached hydrogens (primary N) is 1. The van der Waals surface area contributed by atoms with Crippen molar-refractivity contribution in [2.24, 2.45) is 5.73 Å². The van der Waals surface area contributed by atoms with E-state index in [2.05, 4.69) is 10.6 Å². The highest BCUT2D eigenvalue weighted by molar-refractivity contribution is 6.30. The summed E-state index contributed by atoms with van der Waals surface area (Å²) in [5.41, 5.74) is 5.71. The fourth-order valence-corrected chi connectivity index (χ4v) is 1.49. The number of hydrogen-bond acceptors (Lipinski definition) is 2. The first-order chi connectivity index (χ1) is 8.00. The minimum atomic E-state index is -0.558. The smallest absolute Gasteiger partial charge is 0.312 e. The molecule has 4 N–H and O–H groups in total. The molecule has 94 valence electrons. The zero-order valence-corrected chi connectivity index (χ0v) is 10.2. The second-order valence-corrected chi connectivity index (χ2v) is 4.05. The first-order valence-electron chi connectivity index (χ1n) is 5.22. The van der Waals surface area contributed by atoms with Crippen LogP contribution in [-0.2, 0) is 0 Å². The molecule has 1 unspecified atom stereocenters. The normalized spacial score (nSPS) is 12.2. The summed E-state index contributed by atoms with van der Waals surface area (Å²) in [6, 6.07) is 4.08. The van der Waals surface area contributed by atoms with Gasteiger partial charge in [-0.1, -0.05) is 17.7 Å². The molecule has 0 saturated heterocycles. The number of primary amides is 1. The molecular weight excluding hydrogens is 245 g/mol. The molecule has 0 aliphatic heterocycles. The zero-order chi connectivity index (χ0) is 12.8. The van der Waals surface area contributed by atoms with E-state index in [4.69, 9.17) is 17.3 Å². The maximum atomic E-state index is 13.2. The minimum Gasteiger partial charge on any atom is -0.352 e. The zero-order valence-electron chi connectivity index (χ0n) is 9.47. The molecule has 0 bridgehead atoms. The van der Waals surface area contributed by atoms with Gasteiger partial charge in [0, 0.05) is 19.1 Å². The van der Waals surface area contributed by atoms with Crippen LogP contribution in [0.3, 0.4) is 0 Å². The van der Waals surface area contributed by atoms with Gasteiger partial charge in [0.15, 0.2) is 0 Å². The Balaban J connectivity index is 2.44. The lowest BCUT2D eigenvalue weighted by Gasteiger charge is -2.14. The van der Waals surface area contributed by atoms with Crippen LogP contribution >= 0.6 is 11.6 Å². The molecule has 1 atom stereocenters. The molecule has 0 heterocycles. The summed E-state index contributed by atoms with van der Waals surface area (Å²) in [5, 5.41) is 5.68. The Kier molecular flexibility index (Phi) is 5.18. The van der Waals surface area contributed by atoms with Gasteiger partial charge in [0.25, 0.3) is 0 Å². The summed E-state index contributed by atoms with van der Waals surface area (Å²) in [7, 11) is 0. The van der Waals surface area contributed by atoms with Crippen molar-refractivity contribution in [1.82, 2.24) is 10.6 Å². The first kappa shape index (κ1) is 13.7. The minimum absolute atomic E-state index is 0.0311. The first-order valence-corrected chi connectivity index (χ1v) is 5.60. The summed E-state index contributed by atoms with van der Waals surface area (Å²) in [4.78, 5) is 10.4. The quantitative estimate of drug-likeness (QED) is 0.706. The number of benzene rings is 1. The van der Waals surface area contributed by atoms with E-state index in [9.17, 15) is 9.18 Å². The van der Waals surface area contributed by atoms with Gasteiger partial charge in [-0.05, 0) is 24.6 Å². The van der Waals surface area contributed by atoms with E-state index in [0.29, 0.717) is 13.1 Å². The van der Waals surface area contributed by atoms with Crippen molar-refractivity contribution in [3.63, 3.8) is 0 Å². The molecule has 0 radical (unpaired) electrons. The fraction of sp³-hybridized carbons (Fsp3) is 0.364. The van der Waals surface area contributed by atoms with Crippen LogP contribution in [0.25, 0.3) is 0 Å². The van der Waals surface area contributed by atoms with E-state index in [-0.39, 0.29) is 11.1 Å². The van der Waals surface area contributed by atoms with Crippen molar-refractivity contribution in [2.45, 2.75) is 13.0 Å². The maximum Gasteiger partial charge on any atom is 0.312 e. The van der Waals surface area contributed by atoms with E-state index < -0.39 is 11.8 Å². The number of halogens is 2. The molecule has 1 rings (SSSR count). The summed E-state index contributed by atoms with van der Waals surface area (Å²) < 4.78 is 13.2. The number of amides is 2. The van der Waals surface area contributed by atoms with Crippen molar-refractivity contribution in [2.75, 3.05) is 13.1 Å². The van der Waals surface area contributed by atoms with E-state index >= 15 is 0 Å². The van der Waals surface area contributed by atoms with Gasteiger partial charge in [-0.2, -0.15) is 0 Å². The molecule has 1 aromatic carbocycles. The SMILES string of the molecule is CC(NCCNC(N)=O)c1ccc(Cl)c(F)c1. The highest BCUT2D eigenvalue weighted by atomic mass is 35.5. The lowest BCUT2D eigenvalue weighted by atomic mass is 10.1. The topological polar surface area (TPSA) is 67.2 Å². The number of hydrogen-bond donors (Lipinski definition) is 3. The fourth-order valence-electron chi connectivity index (χ4n) is 1.37. The Hall–Kier alpha value is -1.33. The van der Waals surface area contributed by atoms with Crippen molar-refractivity contribution < 1.29 is 9.18 Å². The Morgan fingerprint density at radius 1 is 1.53 bits per heavy atom. The number of carbonyl (C=O) groups is 1. The van der Waals surface area contributed by atoms with Crippen molar-refractivity contribution in [3.05, 3.63) is 34.6 Å². The molecule has 0 fully saturated rings.